The first kappa shape index (κ1) is 18.6. The minimum absolute atomic E-state index is 0.0170. The van der Waals surface area contributed by atoms with Gasteiger partial charge >= 0.3 is 5.97 Å². The molecule has 1 aromatic carbocycles. The number of aromatic nitrogens is 1. The number of phenolic OH excluding ortho intramolecular Hbond substituents is 1. The third-order valence-electron chi connectivity index (χ3n) is 2.92. The molecule has 0 radical (unpaired) electrons. The minimum atomic E-state index is -1.37. The first-order chi connectivity index (χ1) is 11.2. The lowest BCUT2D eigenvalue weighted by atomic mass is 10.1. The number of carboxylic acid groups (broad SMARTS) is 1. The van der Waals surface area contributed by atoms with Crippen LogP contribution < -0.4 is 5.43 Å². The molecule has 3 N–H and O–H groups in total. The summed E-state index contributed by atoms with van der Waals surface area (Å²) in [7, 11) is 0. The van der Waals surface area contributed by atoms with Crippen LogP contribution in [0.5, 0.6) is 5.75 Å². The maximum absolute atomic E-state index is 11.1. The summed E-state index contributed by atoms with van der Waals surface area (Å²) in [6.45, 7) is 1.60. The summed E-state index contributed by atoms with van der Waals surface area (Å²) < 4.78 is 0. The molecule has 0 unspecified atom stereocenters. The van der Waals surface area contributed by atoms with E-state index in [0.29, 0.717) is 16.3 Å². The largest absolute Gasteiger partial charge is 0.507 e. The fraction of sp³-hybridized carbons (Fsp3) is 0.0714. The van der Waals surface area contributed by atoms with E-state index >= 15 is 0 Å². The number of carbonyl (C=O) groups is 1. The van der Waals surface area contributed by atoms with Crippen LogP contribution in [0.15, 0.2) is 23.3 Å². The fourth-order valence-corrected chi connectivity index (χ4v) is 2.59. The number of benzene rings is 1. The van der Waals surface area contributed by atoms with Crippen molar-refractivity contribution in [3.05, 3.63) is 49.7 Å². The van der Waals surface area contributed by atoms with Crippen molar-refractivity contribution in [1.29, 1.82) is 0 Å². The summed E-state index contributed by atoms with van der Waals surface area (Å²) >= 11 is 23.7. The minimum Gasteiger partial charge on any atom is -0.507 e. The molecule has 10 heteroatoms. The average molecular weight is 409 g/mol. The van der Waals surface area contributed by atoms with Crippen LogP contribution in [0.3, 0.4) is 0 Å². The van der Waals surface area contributed by atoms with Crippen LogP contribution in [-0.4, -0.2) is 26.9 Å². The van der Waals surface area contributed by atoms with E-state index in [2.05, 4.69) is 15.5 Å². The predicted molar refractivity (Wildman–Crippen MR) is 95.2 cm³/mol. The number of phenols is 1. The number of rotatable bonds is 4. The Labute approximate surface area is 156 Å². The lowest BCUT2D eigenvalue weighted by Crippen LogP contribution is -2.06. The van der Waals surface area contributed by atoms with Gasteiger partial charge in [-0.25, -0.2) is 9.78 Å². The molecule has 0 bridgehead atoms. The molecule has 6 nitrogen and oxygen atoms in total. The van der Waals surface area contributed by atoms with E-state index in [1.807, 2.05) is 0 Å². The SMILES string of the molecule is C/C(=N\Nc1c(Cl)c(Cl)nc(C(=O)O)c1Cl)c1cc(Cl)ccc1O. The first-order valence-corrected chi connectivity index (χ1v) is 7.80. The number of pyridine rings is 1. The van der Waals surface area contributed by atoms with E-state index in [0.717, 1.165) is 0 Å². The molecule has 0 spiro atoms. The molecule has 0 aliphatic rings. The van der Waals surface area contributed by atoms with Crippen LogP contribution in [0.2, 0.25) is 20.2 Å². The predicted octanol–water partition coefficient (Wildman–Crippen LogP) is 4.94. The van der Waals surface area contributed by atoms with Crippen molar-refractivity contribution in [2.75, 3.05) is 5.43 Å². The maximum Gasteiger partial charge on any atom is 0.356 e. The van der Waals surface area contributed by atoms with Gasteiger partial charge in [-0.15, -0.1) is 0 Å². The average Bonchev–Trinajstić information content (AvgIpc) is 2.52. The molecular weight excluding hydrogens is 400 g/mol. The molecule has 0 aliphatic carbocycles. The monoisotopic (exact) mass is 407 g/mol. The smallest absolute Gasteiger partial charge is 0.356 e. The van der Waals surface area contributed by atoms with Crippen molar-refractivity contribution in [1.82, 2.24) is 4.98 Å². The zero-order valence-electron chi connectivity index (χ0n) is 11.9. The van der Waals surface area contributed by atoms with Gasteiger partial charge < -0.3 is 10.2 Å². The van der Waals surface area contributed by atoms with Gasteiger partial charge in [0.05, 0.1) is 11.4 Å². The number of anilines is 1. The number of hydrogen-bond donors (Lipinski definition) is 3. The Hall–Kier alpha value is -1.73. The third-order valence-corrected chi connectivity index (χ3v) is 4.27. The number of carboxylic acids is 1. The summed E-state index contributed by atoms with van der Waals surface area (Å²) in [5.74, 6) is -1.39. The Morgan fingerprint density at radius 3 is 2.50 bits per heavy atom. The van der Waals surface area contributed by atoms with Gasteiger partial charge in [0.15, 0.2) is 10.8 Å². The Morgan fingerprint density at radius 1 is 1.21 bits per heavy atom. The van der Waals surface area contributed by atoms with Gasteiger partial charge in [0.2, 0.25) is 0 Å². The molecule has 1 aromatic heterocycles. The normalized spacial score (nSPS) is 11.5. The quantitative estimate of drug-likeness (QED) is 0.378. The van der Waals surface area contributed by atoms with E-state index in [1.165, 1.54) is 18.2 Å². The van der Waals surface area contributed by atoms with Gasteiger partial charge in [-0.2, -0.15) is 5.10 Å². The highest BCUT2D eigenvalue weighted by atomic mass is 35.5. The molecule has 1 heterocycles. The molecule has 24 heavy (non-hydrogen) atoms. The van der Waals surface area contributed by atoms with Crippen molar-refractivity contribution < 1.29 is 15.0 Å². The van der Waals surface area contributed by atoms with E-state index in [9.17, 15) is 9.90 Å². The molecule has 0 saturated heterocycles. The fourth-order valence-electron chi connectivity index (χ4n) is 1.75. The number of hydrazone groups is 1. The van der Waals surface area contributed by atoms with E-state index in [-0.39, 0.29) is 26.6 Å². The zero-order chi connectivity index (χ0) is 18.0. The van der Waals surface area contributed by atoms with Gasteiger partial charge in [-0.1, -0.05) is 46.4 Å². The second-order valence-corrected chi connectivity index (χ2v) is 6.08. The highest BCUT2D eigenvalue weighted by Gasteiger charge is 2.21. The zero-order valence-corrected chi connectivity index (χ0v) is 15.0. The highest BCUT2D eigenvalue weighted by molar-refractivity contribution is 6.46. The van der Waals surface area contributed by atoms with Crippen molar-refractivity contribution in [2.24, 2.45) is 5.10 Å². The summed E-state index contributed by atoms with van der Waals surface area (Å²) in [4.78, 5) is 14.7. The molecular formula is C14H9Cl4N3O3. The van der Waals surface area contributed by atoms with Crippen LogP contribution in [0.1, 0.15) is 23.0 Å². The Morgan fingerprint density at radius 2 is 1.88 bits per heavy atom. The van der Waals surface area contributed by atoms with Crippen LogP contribution in [0, 0.1) is 0 Å². The van der Waals surface area contributed by atoms with E-state index < -0.39 is 11.7 Å². The van der Waals surface area contributed by atoms with E-state index in [1.54, 1.807) is 6.92 Å². The third kappa shape index (κ3) is 3.84. The summed E-state index contributed by atoms with van der Waals surface area (Å²) in [6.07, 6.45) is 0. The number of aromatic hydroxyl groups is 1. The highest BCUT2D eigenvalue weighted by Crippen LogP contribution is 2.37. The van der Waals surface area contributed by atoms with Gasteiger partial charge in [0.25, 0.3) is 0 Å². The Bertz CT molecular complexity index is 856. The molecule has 0 fully saturated rings. The molecule has 0 atom stereocenters. The van der Waals surface area contributed by atoms with Crippen molar-refractivity contribution >= 4 is 63.8 Å². The van der Waals surface area contributed by atoms with Gasteiger partial charge in [-0.3, -0.25) is 5.43 Å². The molecule has 2 aromatic rings. The van der Waals surface area contributed by atoms with Crippen molar-refractivity contribution in [2.45, 2.75) is 6.92 Å². The number of nitrogens with one attached hydrogen (secondary N) is 1. The summed E-state index contributed by atoms with van der Waals surface area (Å²) in [6, 6.07) is 4.46. The van der Waals surface area contributed by atoms with Crippen LogP contribution >= 0.6 is 46.4 Å². The number of halogens is 4. The maximum atomic E-state index is 11.1. The van der Waals surface area contributed by atoms with Gasteiger partial charge in [0.1, 0.15) is 15.8 Å². The second kappa shape index (κ2) is 7.44. The van der Waals surface area contributed by atoms with Gasteiger partial charge in [0, 0.05) is 10.6 Å². The lowest BCUT2D eigenvalue weighted by Gasteiger charge is -2.11. The number of aromatic carboxylic acids is 1. The standard InChI is InChI=1S/C14H9Cl4N3O3/c1-5(7-4-6(15)2-3-8(7)22)20-21-11-9(16)12(14(23)24)19-13(18)10(11)17/h2-4,22H,1H3,(H,19,21)(H,23,24)/b20-5+. The Kier molecular flexibility index (Phi) is 5.77. The Balaban J connectivity index is 2.44. The summed E-state index contributed by atoms with van der Waals surface area (Å²) in [5.41, 5.74) is 2.79. The molecule has 2 rings (SSSR count). The van der Waals surface area contributed by atoms with Crippen molar-refractivity contribution in [3.8, 4) is 5.75 Å². The first-order valence-electron chi connectivity index (χ1n) is 6.29. The molecule has 0 aliphatic heterocycles. The molecule has 126 valence electrons. The van der Waals surface area contributed by atoms with Crippen LogP contribution in [0.4, 0.5) is 5.69 Å². The second-order valence-electron chi connectivity index (χ2n) is 4.53. The van der Waals surface area contributed by atoms with Gasteiger partial charge in [-0.05, 0) is 25.1 Å². The summed E-state index contributed by atoms with van der Waals surface area (Å²) in [5, 5.41) is 22.8. The van der Waals surface area contributed by atoms with Crippen LogP contribution in [0.25, 0.3) is 0 Å². The van der Waals surface area contributed by atoms with Crippen molar-refractivity contribution in [3.63, 3.8) is 0 Å². The number of nitrogens with zero attached hydrogens (tertiary/aromatic N) is 2. The van der Waals surface area contributed by atoms with E-state index in [4.69, 9.17) is 51.5 Å². The number of hydrogen-bond acceptors (Lipinski definition) is 5. The lowest BCUT2D eigenvalue weighted by molar-refractivity contribution is 0.0691. The topological polar surface area (TPSA) is 94.8 Å². The van der Waals surface area contributed by atoms with Crippen LogP contribution in [-0.2, 0) is 0 Å². The molecule has 0 amide bonds. The molecule has 0 saturated carbocycles.